The molecule has 2 heterocycles. The smallest absolute Gasteiger partial charge is 0.249 e. The minimum absolute atomic E-state index is 0.0381. The van der Waals surface area contributed by atoms with Crippen LogP contribution in [0.25, 0.3) is 11.0 Å². The molecule has 0 fully saturated rings. The summed E-state index contributed by atoms with van der Waals surface area (Å²) in [6.07, 6.45) is 3.45. The molecule has 1 aromatic carbocycles. The summed E-state index contributed by atoms with van der Waals surface area (Å²) in [5.41, 5.74) is 1.65. The SMILES string of the molecule is CCCc1nc(N[C@@H](C(=O)N(C)C)c2ccccc2)c2cnn(C)c2n1. The summed E-state index contributed by atoms with van der Waals surface area (Å²) in [5, 5.41) is 8.44. The van der Waals surface area contributed by atoms with Crippen LogP contribution in [0, 0.1) is 0 Å². The van der Waals surface area contributed by atoms with Crippen molar-refractivity contribution in [2.45, 2.75) is 25.8 Å². The van der Waals surface area contributed by atoms with Crippen LogP contribution >= 0.6 is 0 Å². The Kier molecular flexibility index (Phi) is 5.16. The molecule has 0 unspecified atom stereocenters. The van der Waals surface area contributed by atoms with E-state index in [1.807, 2.05) is 37.4 Å². The Bertz CT molecular complexity index is 903. The first-order valence-electron chi connectivity index (χ1n) is 8.72. The van der Waals surface area contributed by atoms with Gasteiger partial charge in [0.05, 0.1) is 11.6 Å². The lowest BCUT2D eigenvalue weighted by Gasteiger charge is -2.23. The summed E-state index contributed by atoms with van der Waals surface area (Å²) in [6, 6.07) is 9.13. The third-order valence-corrected chi connectivity index (χ3v) is 4.21. The highest BCUT2D eigenvalue weighted by Gasteiger charge is 2.24. The highest BCUT2D eigenvalue weighted by atomic mass is 16.2. The number of carbonyl (C=O) groups is 1. The Hall–Kier alpha value is -2.96. The van der Waals surface area contributed by atoms with E-state index in [2.05, 4.69) is 27.3 Å². The molecular formula is C19H24N6O. The van der Waals surface area contributed by atoms with Gasteiger partial charge in [-0.2, -0.15) is 5.10 Å². The molecule has 0 saturated heterocycles. The van der Waals surface area contributed by atoms with Crippen molar-refractivity contribution < 1.29 is 4.79 Å². The highest BCUT2D eigenvalue weighted by Crippen LogP contribution is 2.26. The highest BCUT2D eigenvalue weighted by molar-refractivity contribution is 5.91. The fourth-order valence-corrected chi connectivity index (χ4v) is 2.84. The predicted molar refractivity (Wildman–Crippen MR) is 102 cm³/mol. The topological polar surface area (TPSA) is 75.9 Å². The molecule has 3 aromatic rings. The van der Waals surface area contributed by atoms with Gasteiger partial charge in [0.25, 0.3) is 0 Å². The average Bonchev–Trinajstić information content (AvgIpc) is 3.01. The lowest BCUT2D eigenvalue weighted by molar-refractivity contribution is -0.129. The summed E-state index contributed by atoms with van der Waals surface area (Å²) in [7, 11) is 5.36. The maximum Gasteiger partial charge on any atom is 0.249 e. The minimum atomic E-state index is -0.529. The van der Waals surface area contributed by atoms with Crippen LogP contribution in [0.15, 0.2) is 36.5 Å². The third-order valence-electron chi connectivity index (χ3n) is 4.21. The van der Waals surface area contributed by atoms with Crippen LogP contribution in [-0.4, -0.2) is 44.7 Å². The molecule has 0 bridgehead atoms. The number of amides is 1. The van der Waals surface area contributed by atoms with Gasteiger partial charge in [-0.25, -0.2) is 9.97 Å². The molecule has 3 rings (SSSR count). The van der Waals surface area contributed by atoms with E-state index in [0.29, 0.717) is 5.82 Å². The number of hydrogen-bond donors (Lipinski definition) is 1. The van der Waals surface area contributed by atoms with Crippen molar-refractivity contribution in [2.75, 3.05) is 19.4 Å². The minimum Gasteiger partial charge on any atom is -0.354 e. The van der Waals surface area contributed by atoms with Gasteiger partial charge in [-0.3, -0.25) is 9.48 Å². The molecule has 26 heavy (non-hydrogen) atoms. The van der Waals surface area contributed by atoms with Gasteiger partial charge >= 0.3 is 0 Å². The lowest BCUT2D eigenvalue weighted by Crippen LogP contribution is -2.33. The Morgan fingerprint density at radius 3 is 2.62 bits per heavy atom. The number of nitrogens with zero attached hydrogens (tertiary/aromatic N) is 5. The number of likely N-dealkylation sites (N-methyl/N-ethyl adjacent to an activating group) is 1. The average molecular weight is 352 g/mol. The molecule has 1 amide bonds. The zero-order valence-electron chi connectivity index (χ0n) is 15.6. The van der Waals surface area contributed by atoms with Gasteiger partial charge in [0.15, 0.2) is 5.65 Å². The molecule has 0 spiro atoms. The molecule has 0 saturated carbocycles. The van der Waals surface area contributed by atoms with Gasteiger partial charge in [-0.1, -0.05) is 37.3 Å². The Balaban J connectivity index is 2.07. The van der Waals surface area contributed by atoms with Crippen LogP contribution in [-0.2, 0) is 18.3 Å². The van der Waals surface area contributed by atoms with Crippen molar-refractivity contribution in [1.82, 2.24) is 24.6 Å². The van der Waals surface area contributed by atoms with Crippen molar-refractivity contribution in [1.29, 1.82) is 0 Å². The van der Waals surface area contributed by atoms with E-state index >= 15 is 0 Å². The maximum atomic E-state index is 12.8. The second-order valence-corrected chi connectivity index (χ2v) is 6.46. The molecule has 7 nitrogen and oxygen atoms in total. The monoisotopic (exact) mass is 352 g/mol. The number of anilines is 1. The summed E-state index contributed by atoms with van der Waals surface area (Å²) in [4.78, 5) is 23.6. The van der Waals surface area contributed by atoms with E-state index < -0.39 is 6.04 Å². The van der Waals surface area contributed by atoms with E-state index in [9.17, 15) is 4.79 Å². The van der Waals surface area contributed by atoms with Crippen molar-refractivity contribution in [3.8, 4) is 0 Å². The number of aromatic nitrogens is 4. The van der Waals surface area contributed by atoms with E-state index in [1.165, 1.54) is 0 Å². The third kappa shape index (κ3) is 3.51. The zero-order valence-corrected chi connectivity index (χ0v) is 15.6. The van der Waals surface area contributed by atoms with Crippen LogP contribution in [0.4, 0.5) is 5.82 Å². The van der Waals surface area contributed by atoms with Crippen LogP contribution in [0.2, 0.25) is 0 Å². The summed E-state index contributed by atoms with van der Waals surface area (Å²) in [6.45, 7) is 2.09. The quantitative estimate of drug-likeness (QED) is 0.738. The van der Waals surface area contributed by atoms with E-state index in [4.69, 9.17) is 0 Å². The Labute approximate surface area is 153 Å². The second kappa shape index (κ2) is 7.51. The fraction of sp³-hybridized carbons (Fsp3) is 0.368. The largest absolute Gasteiger partial charge is 0.354 e. The first-order valence-corrected chi connectivity index (χ1v) is 8.72. The molecular weight excluding hydrogens is 328 g/mol. The molecule has 0 radical (unpaired) electrons. The van der Waals surface area contributed by atoms with Crippen molar-refractivity contribution in [3.05, 3.63) is 47.9 Å². The number of rotatable bonds is 6. The van der Waals surface area contributed by atoms with Crippen LogP contribution in [0.3, 0.4) is 0 Å². The van der Waals surface area contributed by atoms with Gasteiger partial charge < -0.3 is 10.2 Å². The van der Waals surface area contributed by atoms with E-state index in [1.54, 1.807) is 29.9 Å². The summed E-state index contributed by atoms with van der Waals surface area (Å²) >= 11 is 0. The van der Waals surface area contributed by atoms with E-state index in [-0.39, 0.29) is 5.91 Å². The molecule has 7 heteroatoms. The van der Waals surface area contributed by atoms with Gasteiger partial charge in [-0.15, -0.1) is 0 Å². The zero-order chi connectivity index (χ0) is 18.7. The Morgan fingerprint density at radius 2 is 1.96 bits per heavy atom. The van der Waals surface area contributed by atoms with Crippen molar-refractivity contribution in [2.24, 2.45) is 7.05 Å². The Morgan fingerprint density at radius 1 is 1.23 bits per heavy atom. The first-order chi connectivity index (χ1) is 12.5. The van der Waals surface area contributed by atoms with Gasteiger partial charge in [0, 0.05) is 27.6 Å². The number of aryl methyl sites for hydroxylation is 2. The number of hydrogen-bond acceptors (Lipinski definition) is 5. The maximum absolute atomic E-state index is 12.8. The summed E-state index contributed by atoms with van der Waals surface area (Å²) in [5.74, 6) is 1.34. The standard InChI is InChI=1S/C19H24N6O/c1-5-9-15-21-17(14-12-20-25(4)18(14)22-15)23-16(19(26)24(2)3)13-10-7-6-8-11-13/h6-8,10-12,16H,5,9H2,1-4H3,(H,21,22,23)/t16-/m1/s1. The first kappa shape index (κ1) is 17.8. The van der Waals surface area contributed by atoms with Crippen LogP contribution in [0.5, 0.6) is 0 Å². The van der Waals surface area contributed by atoms with Crippen LogP contribution < -0.4 is 5.32 Å². The number of fused-ring (bicyclic) bond motifs is 1. The fourth-order valence-electron chi connectivity index (χ4n) is 2.84. The lowest BCUT2D eigenvalue weighted by atomic mass is 10.1. The normalized spacial score (nSPS) is 12.2. The van der Waals surface area contributed by atoms with E-state index in [0.717, 1.165) is 35.3 Å². The van der Waals surface area contributed by atoms with Crippen molar-refractivity contribution >= 4 is 22.8 Å². The number of benzene rings is 1. The predicted octanol–water partition coefficient (Wildman–Crippen LogP) is 2.56. The number of nitrogens with one attached hydrogen (secondary N) is 1. The second-order valence-electron chi connectivity index (χ2n) is 6.46. The van der Waals surface area contributed by atoms with Gasteiger partial charge in [0.2, 0.25) is 5.91 Å². The van der Waals surface area contributed by atoms with Gasteiger partial charge in [0.1, 0.15) is 17.7 Å². The molecule has 136 valence electrons. The van der Waals surface area contributed by atoms with Crippen molar-refractivity contribution in [3.63, 3.8) is 0 Å². The molecule has 2 aromatic heterocycles. The molecule has 1 N–H and O–H groups in total. The molecule has 0 aliphatic heterocycles. The molecule has 0 aliphatic carbocycles. The summed E-state index contributed by atoms with van der Waals surface area (Å²) < 4.78 is 1.73. The van der Waals surface area contributed by atoms with Crippen LogP contribution in [0.1, 0.15) is 30.8 Å². The molecule has 1 atom stereocenters. The van der Waals surface area contributed by atoms with Gasteiger partial charge in [-0.05, 0) is 12.0 Å². The number of carbonyl (C=O) groups excluding carboxylic acids is 1. The molecule has 0 aliphatic rings.